The van der Waals surface area contributed by atoms with Gasteiger partial charge in [-0.25, -0.2) is 9.59 Å². The van der Waals surface area contributed by atoms with E-state index >= 15 is 0 Å². The van der Waals surface area contributed by atoms with Gasteiger partial charge in [-0.15, -0.1) is 0 Å². The number of carbonyl (C=O) groups is 4. The smallest absolute Gasteiger partial charge is 0.434 e. The molecule has 0 unspecified atom stereocenters. The molecule has 1 rings (SSSR count). The fraction of sp³-hybridized carbons (Fsp3) is 0.545. The van der Waals surface area contributed by atoms with E-state index in [1.807, 2.05) is 6.26 Å². The Kier molecular flexibility index (Phi) is 12.9. The summed E-state index contributed by atoms with van der Waals surface area (Å²) in [6.07, 6.45) is 2.01. The van der Waals surface area contributed by atoms with Gasteiger partial charge in [0.2, 0.25) is 5.91 Å². The summed E-state index contributed by atoms with van der Waals surface area (Å²) in [5, 5.41) is 2.71. The third-order valence-corrected chi connectivity index (χ3v) is 4.83. The predicted molar refractivity (Wildman–Crippen MR) is 120 cm³/mol. The van der Waals surface area contributed by atoms with Crippen LogP contribution in [0.25, 0.3) is 0 Å². The molecule has 0 radical (unpaired) electrons. The summed E-state index contributed by atoms with van der Waals surface area (Å²) in [4.78, 5) is 47.3. The average Bonchev–Trinajstić information content (AvgIpc) is 2.72. The summed E-state index contributed by atoms with van der Waals surface area (Å²) < 4.78 is 19.8. The number of Topliss-reactive ketones (excluding diaryl/α,β-unsaturated/α-hetero) is 1. The summed E-state index contributed by atoms with van der Waals surface area (Å²) in [5.74, 6) is 0.533. The molecule has 9 nitrogen and oxygen atoms in total. The van der Waals surface area contributed by atoms with Gasteiger partial charge < -0.3 is 24.3 Å². The highest BCUT2D eigenvalue weighted by Crippen LogP contribution is 2.30. The van der Waals surface area contributed by atoms with Crippen molar-refractivity contribution in [2.24, 2.45) is 0 Å². The minimum absolute atomic E-state index is 0.0106. The zero-order valence-corrected chi connectivity index (χ0v) is 19.7. The van der Waals surface area contributed by atoms with Crippen molar-refractivity contribution in [3.63, 3.8) is 0 Å². The molecule has 0 aromatic heterocycles. The Morgan fingerprint density at radius 2 is 1.62 bits per heavy atom. The number of rotatable bonds is 13. The normalized spacial score (nSPS) is 11.2. The van der Waals surface area contributed by atoms with Crippen LogP contribution in [-0.4, -0.2) is 55.3 Å². The lowest BCUT2D eigenvalue weighted by atomic mass is 10.0. The molecule has 0 spiro atoms. The summed E-state index contributed by atoms with van der Waals surface area (Å²) in [5.41, 5.74) is 0.772. The fourth-order valence-electron chi connectivity index (χ4n) is 2.78. The number of ether oxygens (including phenoxy) is 4. The minimum atomic E-state index is -0.930. The largest absolute Gasteiger partial charge is 0.513 e. The molecule has 32 heavy (non-hydrogen) atoms. The van der Waals surface area contributed by atoms with Crippen molar-refractivity contribution in [3.05, 3.63) is 23.8 Å². The molecule has 0 aliphatic rings. The van der Waals surface area contributed by atoms with Gasteiger partial charge in [0.15, 0.2) is 17.3 Å². The molecule has 1 aromatic rings. The number of benzene rings is 1. The molecule has 1 aromatic carbocycles. The van der Waals surface area contributed by atoms with Gasteiger partial charge >= 0.3 is 12.3 Å². The van der Waals surface area contributed by atoms with Gasteiger partial charge in [-0.1, -0.05) is 6.07 Å². The van der Waals surface area contributed by atoms with E-state index < -0.39 is 18.4 Å². The Labute approximate surface area is 192 Å². The number of nitrogens with one attached hydrogen (secondary N) is 1. The summed E-state index contributed by atoms with van der Waals surface area (Å²) >= 11 is 1.61. The van der Waals surface area contributed by atoms with E-state index in [4.69, 9.17) is 18.9 Å². The van der Waals surface area contributed by atoms with Crippen LogP contribution in [0.15, 0.2) is 18.2 Å². The number of amides is 1. The van der Waals surface area contributed by atoms with Crippen LogP contribution in [0.4, 0.5) is 9.59 Å². The van der Waals surface area contributed by atoms with Crippen LogP contribution >= 0.6 is 11.8 Å². The predicted octanol–water partition coefficient (Wildman–Crippen LogP) is 3.91. The van der Waals surface area contributed by atoms with E-state index in [1.165, 1.54) is 13.0 Å². The average molecular weight is 470 g/mol. The Morgan fingerprint density at radius 3 is 2.19 bits per heavy atom. The molecule has 1 amide bonds. The lowest BCUT2D eigenvalue weighted by Crippen LogP contribution is -2.40. The molecule has 0 heterocycles. The molecule has 1 N–H and O–H groups in total. The zero-order chi connectivity index (χ0) is 23.9. The Bertz CT molecular complexity index is 783. The molecular formula is C22H31NO8S. The van der Waals surface area contributed by atoms with E-state index in [-0.39, 0.29) is 42.8 Å². The first-order chi connectivity index (χ1) is 15.3. The first-order valence-electron chi connectivity index (χ1n) is 10.4. The van der Waals surface area contributed by atoms with Crippen LogP contribution in [0.5, 0.6) is 11.5 Å². The fourth-order valence-corrected chi connectivity index (χ4v) is 3.25. The standard InChI is InChI=1S/C22H31NO8S/c1-5-28-21(26)30-19-11-10-16(14-20(19)31-22(27)29-6-2)8-7-9-18(25)17(12-13-32-4)23-15(3)24/h10-11,14,17H,5-9,12-13H2,1-4H3,(H,23,24)/t17-/m0/s1. The molecule has 0 aliphatic heterocycles. The van der Waals surface area contributed by atoms with Crippen LogP contribution in [0.3, 0.4) is 0 Å². The van der Waals surface area contributed by atoms with Gasteiger partial charge in [0, 0.05) is 13.3 Å². The molecular weight excluding hydrogens is 438 g/mol. The highest BCUT2D eigenvalue weighted by molar-refractivity contribution is 7.98. The van der Waals surface area contributed by atoms with Crippen LogP contribution in [0.2, 0.25) is 0 Å². The lowest BCUT2D eigenvalue weighted by Gasteiger charge is -2.16. The van der Waals surface area contributed by atoms with Crippen molar-refractivity contribution in [3.8, 4) is 11.5 Å². The molecule has 0 aliphatic carbocycles. The lowest BCUT2D eigenvalue weighted by molar-refractivity contribution is -0.126. The number of ketones is 1. The molecule has 0 saturated heterocycles. The van der Waals surface area contributed by atoms with E-state index in [0.29, 0.717) is 19.3 Å². The van der Waals surface area contributed by atoms with E-state index in [0.717, 1.165) is 11.3 Å². The van der Waals surface area contributed by atoms with Crippen LogP contribution in [0, 0.1) is 0 Å². The Balaban J connectivity index is 2.82. The van der Waals surface area contributed by atoms with Crippen molar-refractivity contribution in [1.82, 2.24) is 5.32 Å². The SMILES string of the molecule is CCOC(=O)Oc1ccc(CCCC(=O)[C@H](CCSC)NC(C)=O)cc1OC(=O)OCC. The topological polar surface area (TPSA) is 117 Å². The molecule has 0 bridgehead atoms. The van der Waals surface area contributed by atoms with Crippen LogP contribution in [-0.2, 0) is 25.5 Å². The molecule has 1 atom stereocenters. The molecule has 0 fully saturated rings. The number of thioether (sulfide) groups is 1. The third-order valence-electron chi connectivity index (χ3n) is 4.18. The van der Waals surface area contributed by atoms with Gasteiger partial charge in [0.05, 0.1) is 19.3 Å². The summed E-state index contributed by atoms with van der Waals surface area (Å²) in [7, 11) is 0. The highest BCUT2D eigenvalue weighted by atomic mass is 32.2. The second kappa shape index (κ2) is 15.1. The van der Waals surface area contributed by atoms with Crippen LogP contribution in [0.1, 0.15) is 45.6 Å². The third kappa shape index (κ3) is 10.5. The van der Waals surface area contributed by atoms with Gasteiger partial charge in [-0.2, -0.15) is 11.8 Å². The summed E-state index contributed by atoms with van der Waals surface area (Å²) in [6, 6.07) is 4.25. The van der Waals surface area contributed by atoms with Crippen molar-refractivity contribution in [2.75, 3.05) is 25.2 Å². The highest BCUT2D eigenvalue weighted by Gasteiger charge is 2.19. The second-order valence-electron chi connectivity index (χ2n) is 6.71. The quantitative estimate of drug-likeness (QED) is 0.339. The van der Waals surface area contributed by atoms with Gasteiger partial charge in [-0.3, -0.25) is 9.59 Å². The van der Waals surface area contributed by atoms with Crippen molar-refractivity contribution in [2.45, 2.75) is 52.5 Å². The monoisotopic (exact) mass is 469 g/mol. The first-order valence-corrected chi connectivity index (χ1v) is 11.8. The maximum absolute atomic E-state index is 12.5. The number of carbonyl (C=O) groups excluding carboxylic acids is 4. The Morgan fingerprint density at radius 1 is 1.00 bits per heavy atom. The second-order valence-corrected chi connectivity index (χ2v) is 7.69. The van der Waals surface area contributed by atoms with Crippen LogP contribution < -0.4 is 14.8 Å². The first kappa shape index (κ1) is 27.3. The maximum atomic E-state index is 12.5. The van der Waals surface area contributed by atoms with Gasteiger partial charge in [0.25, 0.3) is 0 Å². The zero-order valence-electron chi connectivity index (χ0n) is 18.9. The minimum Gasteiger partial charge on any atom is -0.434 e. The molecule has 178 valence electrons. The summed E-state index contributed by atoms with van der Waals surface area (Å²) in [6.45, 7) is 4.93. The number of hydrogen-bond acceptors (Lipinski definition) is 9. The number of aryl methyl sites for hydroxylation is 1. The van der Waals surface area contributed by atoms with Crippen molar-refractivity contribution in [1.29, 1.82) is 0 Å². The maximum Gasteiger partial charge on any atom is 0.513 e. The van der Waals surface area contributed by atoms with Crippen molar-refractivity contribution >= 4 is 35.8 Å². The van der Waals surface area contributed by atoms with Gasteiger partial charge in [0.1, 0.15) is 0 Å². The number of hydrogen-bond donors (Lipinski definition) is 1. The van der Waals surface area contributed by atoms with Gasteiger partial charge in [-0.05, 0) is 62.8 Å². The van der Waals surface area contributed by atoms with E-state index in [2.05, 4.69) is 5.32 Å². The Hall–Kier alpha value is -2.75. The molecule has 0 saturated carbocycles. The van der Waals surface area contributed by atoms with E-state index in [9.17, 15) is 19.2 Å². The van der Waals surface area contributed by atoms with E-state index in [1.54, 1.807) is 37.7 Å². The molecule has 10 heteroatoms. The van der Waals surface area contributed by atoms with Crippen molar-refractivity contribution < 1.29 is 38.1 Å².